The number of hydrogen-bond donors (Lipinski definition) is 3. The van der Waals surface area contributed by atoms with E-state index in [0.717, 1.165) is 0 Å². The summed E-state index contributed by atoms with van der Waals surface area (Å²) >= 11 is 3.13. The Morgan fingerprint density at radius 3 is 2.83 bits per heavy atom. The zero-order valence-corrected chi connectivity index (χ0v) is 8.19. The Kier molecular flexibility index (Phi) is 6.22. The maximum atomic E-state index is 7.19. The summed E-state index contributed by atoms with van der Waals surface area (Å²) in [6.45, 7) is 7.38. The van der Waals surface area contributed by atoms with E-state index in [-0.39, 0.29) is 5.84 Å². The van der Waals surface area contributed by atoms with Crippen LogP contribution in [-0.2, 0) is 0 Å². The molecule has 0 aromatic heterocycles. The second-order valence-corrected chi connectivity index (χ2v) is 2.67. The molecule has 0 aliphatic heterocycles. The third kappa shape index (κ3) is 4.81. The molecule has 0 aliphatic carbocycles. The molecule has 5 heteroatoms. The molecule has 3 N–H and O–H groups in total. The molecule has 0 aliphatic rings. The first-order valence-electron chi connectivity index (χ1n) is 3.23. The first kappa shape index (κ1) is 11.1. The van der Waals surface area contributed by atoms with Gasteiger partial charge < -0.3 is 5.43 Å². The molecule has 0 atom stereocenters. The molecule has 0 unspecified atom stereocenters. The highest BCUT2D eigenvalue weighted by molar-refractivity contribution is 9.12. The van der Waals surface area contributed by atoms with Crippen LogP contribution in [0.5, 0.6) is 0 Å². The Labute approximate surface area is 80.1 Å². The van der Waals surface area contributed by atoms with Crippen molar-refractivity contribution in [1.82, 2.24) is 10.9 Å². The normalized spacial score (nSPS) is 10.6. The molecular formula is C7H11BrN4. The maximum Gasteiger partial charge on any atom is 0.159 e. The lowest BCUT2D eigenvalue weighted by Crippen LogP contribution is -2.27. The van der Waals surface area contributed by atoms with Crippen LogP contribution in [0.25, 0.3) is 0 Å². The highest BCUT2D eigenvalue weighted by Crippen LogP contribution is 2.04. The molecule has 0 fully saturated rings. The van der Waals surface area contributed by atoms with E-state index >= 15 is 0 Å². The summed E-state index contributed by atoms with van der Waals surface area (Å²) in [5.41, 5.74) is 5.55. The summed E-state index contributed by atoms with van der Waals surface area (Å²) in [6, 6.07) is 0. The molecular weight excluding hydrogens is 220 g/mol. The first-order valence-corrected chi connectivity index (χ1v) is 4.02. The fraction of sp³-hybridized carbons (Fsp3) is 0.143. The average molecular weight is 231 g/mol. The zero-order valence-electron chi connectivity index (χ0n) is 6.60. The van der Waals surface area contributed by atoms with Crippen molar-refractivity contribution in [2.75, 3.05) is 6.54 Å². The van der Waals surface area contributed by atoms with Gasteiger partial charge in [0.2, 0.25) is 0 Å². The van der Waals surface area contributed by atoms with Gasteiger partial charge in [-0.1, -0.05) is 6.08 Å². The molecule has 0 saturated carbocycles. The van der Waals surface area contributed by atoms with Crippen LogP contribution in [0.3, 0.4) is 0 Å². The van der Waals surface area contributed by atoms with Crippen LogP contribution < -0.4 is 10.9 Å². The monoisotopic (exact) mass is 230 g/mol. The molecule has 0 heterocycles. The zero-order chi connectivity index (χ0) is 9.40. The Hall–Kier alpha value is -0.940. The van der Waals surface area contributed by atoms with Crippen molar-refractivity contribution in [2.45, 2.75) is 0 Å². The third-order valence-corrected chi connectivity index (χ3v) is 1.54. The molecule has 0 bridgehead atoms. The molecule has 0 aromatic carbocycles. The molecule has 0 aromatic rings. The topological polar surface area (TPSA) is 60.3 Å². The number of nitrogens with one attached hydrogen (secondary N) is 3. The lowest BCUT2D eigenvalue weighted by molar-refractivity contribution is 0.683. The standard InChI is InChI=1S/C7H11BrN4/c1-3-4-11-12-5-6(8)7(9)10-2/h3,5,9,11-12H,1-2,4H2. The Morgan fingerprint density at radius 1 is 1.67 bits per heavy atom. The number of nitrogens with zero attached hydrogens (tertiary/aromatic N) is 1. The lowest BCUT2D eigenvalue weighted by Gasteiger charge is -2.00. The van der Waals surface area contributed by atoms with Gasteiger partial charge in [0.15, 0.2) is 5.84 Å². The number of rotatable bonds is 5. The summed E-state index contributed by atoms with van der Waals surface area (Å²) in [5.74, 6) is 0.0860. The maximum absolute atomic E-state index is 7.19. The van der Waals surface area contributed by atoms with E-state index in [0.29, 0.717) is 11.0 Å². The van der Waals surface area contributed by atoms with E-state index < -0.39 is 0 Å². The molecule has 0 rings (SSSR count). The SMILES string of the molecule is C=CCNNC=C(Br)C(=N)N=C. The van der Waals surface area contributed by atoms with E-state index in [1.165, 1.54) is 0 Å². The van der Waals surface area contributed by atoms with Gasteiger partial charge in [-0.05, 0) is 22.6 Å². The Balaban J connectivity index is 3.75. The number of hydrogen-bond acceptors (Lipinski definition) is 3. The van der Waals surface area contributed by atoms with Gasteiger partial charge in [0.05, 0.1) is 4.48 Å². The highest BCUT2D eigenvalue weighted by Gasteiger charge is 1.94. The van der Waals surface area contributed by atoms with Crippen LogP contribution >= 0.6 is 15.9 Å². The van der Waals surface area contributed by atoms with Gasteiger partial charge in [-0.25, -0.2) is 10.4 Å². The highest BCUT2D eigenvalue weighted by atomic mass is 79.9. The summed E-state index contributed by atoms with van der Waals surface area (Å²) < 4.78 is 0.536. The number of hydrazine groups is 1. The predicted octanol–water partition coefficient (Wildman–Crippen LogP) is 1.18. The smallest absolute Gasteiger partial charge is 0.159 e. The molecule has 0 amide bonds. The van der Waals surface area contributed by atoms with Crippen LogP contribution in [-0.4, -0.2) is 19.1 Å². The fourth-order valence-corrected chi connectivity index (χ4v) is 0.629. The minimum atomic E-state index is 0.0860. The second-order valence-electron chi connectivity index (χ2n) is 1.81. The number of amidine groups is 1. The molecule has 0 saturated heterocycles. The number of halogens is 1. The molecule has 0 radical (unpaired) electrons. The number of aliphatic imine (C=N–C) groups is 1. The van der Waals surface area contributed by atoms with Crippen molar-refractivity contribution in [2.24, 2.45) is 4.99 Å². The van der Waals surface area contributed by atoms with E-state index in [1.807, 2.05) is 0 Å². The summed E-state index contributed by atoms with van der Waals surface area (Å²) in [7, 11) is 0. The van der Waals surface area contributed by atoms with Crippen molar-refractivity contribution in [1.29, 1.82) is 5.41 Å². The van der Waals surface area contributed by atoms with Gasteiger partial charge in [0.25, 0.3) is 0 Å². The van der Waals surface area contributed by atoms with Crippen molar-refractivity contribution in [3.63, 3.8) is 0 Å². The summed E-state index contributed by atoms with van der Waals surface area (Å²) in [4.78, 5) is 3.42. The van der Waals surface area contributed by atoms with Gasteiger partial charge in [-0.15, -0.1) is 6.58 Å². The third-order valence-electron chi connectivity index (χ3n) is 0.932. The van der Waals surface area contributed by atoms with Gasteiger partial charge in [-0.3, -0.25) is 5.41 Å². The lowest BCUT2D eigenvalue weighted by atomic mass is 10.5. The summed E-state index contributed by atoms with van der Waals surface area (Å²) in [6.07, 6.45) is 3.28. The van der Waals surface area contributed by atoms with Gasteiger partial charge in [0, 0.05) is 12.7 Å². The Bertz CT molecular complexity index is 209. The van der Waals surface area contributed by atoms with E-state index in [9.17, 15) is 0 Å². The first-order chi connectivity index (χ1) is 5.72. The van der Waals surface area contributed by atoms with Gasteiger partial charge in [0.1, 0.15) is 0 Å². The largest absolute Gasteiger partial charge is 0.327 e. The molecule has 66 valence electrons. The average Bonchev–Trinajstić information content (AvgIpc) is 2.10. The molecule has 4 nitrogen and oxygen atoms in total. The predicted molar refractivity (Wildman–Crippen MR) is 55.6 cm³/mol. The van der Waals surface area contributed by atoms with Crippen LogP contribution in [0.4, 0.5) is 0 Å². The van der Waals surface area contributed by atoms with Gasteiger partial charge in [-0.2, -0.15) is 0 Å². The van der Waals surface area contributed by atoms with E-state index in [2.05, 4.69) is 45.1 Å². The van der Waals surface area contributed by atoms with Crippen LogP contribution in [0.15, 0.2) is 28.3 Å². The van der Waals surface area contributed by atoms with Crippen molar-refractivity contribution < 1.29 is 0 Å². The van der Waals surface area contributed by atoms with Crippen molar-refractivity contribution in [3.05, 3.63) is 23.3 Å². The minimum absolute atomic E-state index is 0.0860. The van der Waals surface area contributed by atoms with Gasteiger partial charge >= 0.3 is 0 Å². The van der Waals surface area contributed by atoms with Crippen LogP contribution in [0.1, 0.15) is 0 Å². The van der Waals surface area contributed by atoms with Crippen LogP contribution in [0.2, 0.25) is 0 Å². The van der Waals surface area contributed by atoms with E-state index in [1.54, 1.807) is 12.3 Å². The van der Waals surface area contributed by atoms with Crippen molar-refractivity contribution >= 4 is 28.5 Å². The summed E-state index contributed by atoms with van der Waals surface area (Å²) in [5, 5.41) is 7.19. The molecule has 12 heavy (non-hydrogen) atoms. The van der Waals surface area contributed by atoms with Crippen LogP contribution in [0, 0.1) is 5.41 Å². The van der Waals surface area contributed by atoms with E-state index in [4.69, 9.17) is 5.41 Å². The minimum Gasteiger partial charge on any atom is -0.327 e. The van der Waals surface area contributed by atoms with Crippen molar-refractivity contribution in [3.8, 4) is 0 Å². The second kappa shape index (κ2) is 6.75. The Morgan fingerprint density at radius 2 is 2.33 bits per heavy atom. The fourth-order valence-electron chi connectivity index (χ4n) is 0.389. The quantitative estimate of drug-likeness (QED) is 0.219. The molecule has 0 spiro atoms.